The molecule has 4 N–H and O–H groups in total. The third kappa shape index (κ3) is 5.49. The zero-order chi connectivity index (χ0) is 18.4. The first-order chi connectivity index (χ1) is 11.8. The fraction of sp³-hybridized carbons (Fsp3) is 0.278. The number of aryl methyl sites for hydroxylation is 1. The monoisotopic (exact) mass is 341 g/mol. The Morgan fingerprint density at radius 1 is 1.24 bits per heavy atom. The SMILES string of the molecule is Cc1cccc(C(CC(=O)Nc2ccc(N(C)C)nc2)NC(N)=O)c1. The number of nitrogens with two attached hydrogens (primary N) is 1. The van der Waals surface area contributed by atoms with Gasteiger partial charge in [0.15, 0.2) is 0 Å². The van der Waals surface area contributed by atoms with Crippen molar-refractivity contribution in [2.45, 2.75) is 19.4 Å². The van der Waals surface area contributed by atoms with Gasteiger partial charge in [0.25, 0.3) is 0 Å². The van der Waals surface area contributed by atoms with Crippen LogP contribution in [0, 0.1) is 6.92 Å². The van der Waals surface area contributed by atoms with E-state index in [1.54, 1.807) is 12.3 Å². The Hall–Kier alpha value is -3.09. The number of urea groups is 1. The Balaban J connectivity index is 2.07. The zero-order valence-corrected chi connectivity index (χ0v) is 14.6. The lowest BCUT2D eigenvalue weighted by atomic mass is 10.0. The van der Waals surface area contributed by atoms with Crippen molar-refractivity contribution in [1.82, 2.24) is 10.3 Å². The zero-order valence-electron chi connectivity index (χ0n) is 14.6. The summed E-state index contributed by atoms with van der Waals surface area (Å²) in [5.74, 6) is 0.561. The quantitative estimate of drug-likeness (QED) is 0.750. The molecule has 1 atom stereocenters. The van der Waals surface area contributed by atoms with Crippen LogP contribution >= 0.6 is 0 Å². The molecule has 0 saturated carbocycles. The highest BCUT2D eigenvalue weighted by Crippen LogP contribution is 2.19. The number of rotatable bonds is 6. The van der Waals surface area contributed by atoms with Gasteiger partial charge in [0, 0.05) is 14.1 Å². The maximum absolute atomic E-state index is 12.3. The third-order valence-corrected chi connectivity index (χ3v) is 3.64. The first kappa shape index (κ1) is 18.3. The van der Waals surface area contributed by atoms with Gasteiger partial charge in [0.05, 0.1) is 24.3 Å². The van der Waals surface area contributed by atoms with E-state index >= 15 is 0 Å². The van der Waals surface area contributed by atoms with Crippen LogP contribution in [0.2, 0.25) is 0 Å². The molecule has 1 aromatic heterocycles. The normalized spacial score (nSPS) is 11.5. The molecule has 1 aromatic carbocycles. The fourth-order valence-electron chi connectivity index (χ4n) is 2.43. The average Bonchev–Trinajstić information content (AvgIpc) is 2.54. The number of nitrogens with zero attached hydrogens (tertiary/aromatic N) is 2. The summed E-state index contributed by atoms with van der Waals surface area (Å²) in [7, 11) is 3.78. The van der Waals surface area contributed by atoms with Gasteiger partial charge in [-0.05, 0) is 24.6 Å². The van der Waals surface area contributed by atoms with Gasteiger partial charge in [0.2, 0.25) is 5.91 Å². The summed E-state index contributed by atoms with van der Waals surface area (Å²) >= 11 is 0. The fourth-order valence-corrected chi connectivity index (χ4v) is 2.43. The average molecular weight is 341 g/mol. The number of amides is 3. The minimum Gasteiger partial charge on any atom is -0.363 e. The van der Waals surface area contributed by atoms with Gasteiger partial charge in [-0.3, -0.25) is 4.79 Å². The van der Waals surface area contributed by atoms with Crippen LogP contribution in [0.3, 0.4) is 0 Å². The van der Waals surface area contributed by atoms with Crippen LogP contribution in [-0.2, 0) is 4.79 Å². The molecule has 3 amide bonds. The Kier molecular flexibility index (Phi) is 5.94. The second-order valence-corrected chi connectivity index (χ2v) is 6.03. The molecular weight excluding hydrogens is 318 g/mol. The largest absolute Gasteiger partial charge is 0.363 e. The van der Waals surface area contributed by atoms with Crippen LogP contribution in [0.5, 0.6) is 0 Å². The molecule has 7 heteroatoms. The molecule has 7 nitrogen and oxygen atoms in total. The van der Waals surface area contributed by atoms with Gasteiger partial charge >= 0.3 is 6.03 Å². The molecule has 1 unspecified atom stereocenters. The molecule has 0 fully saturated rings. The van der Waals surface area contributed by atoms with Crippen molar-refractivity contribution in [3.63, 3.8) is 0 Å². The van der Waals surface area contributed by atoms with E-state index in [-0.39, 0.29) is 12.3 Å². The van der Waals surface area contributed by atoms with E-state index in [0.717, 1.165) is 16.9 Å². The second kappa shape index (κ2) is 8.14. The third-order valence-electron chi connectivity index (χ3n) is 3.64. The number of hydrogen-bond donors (Lipinski definition) is 3. The van der Waals surface area contributed by atoms with Crippen molar-refractivity contribution in [2.75, 3.05) is 24.3 Å². The van der Waals surface area contributed by atoms with Gasteiger partial charge in [0.1, 0.15) is 5.82 Å². The summed E-state index contributed by atoms with van der Waals surface area (Å²) in [5, 5.41) is 5.40. The standard InChI is InChI=1S/C18H23N5O2/c1-12-5-4-6-13(9-12)15(22-18(19)25)10-17(24)21-14-7-8-16(20-11-14)23(2)3/h4-9,11,15H,10H2,1-3H3,(H,21,24)(H3,19,22,25). The van der Waals surface area contributed by atoms with Crippen molar-refractivity contribution in [3.05, 3.63) is 53.7 Å². The summed E-state index contributed by atoms with van der Waals surface area (Å²) in [6.45, 7) is 1.95. The summed E-state index contributed by atoms with van der Waals surface area (Å²) < 4.78 is 0. The van der Waals surface area contributed by atoms with Crippen molar-refractivity contribution in [3.8, 4) is 0 Å². The molecule has 0 radical (unpaired) electrons. The number of carbonyl (C=O) groups is 2. The summed E-state index contributed by atoms with van der Waals surface area (Å²) in [5.41, 5.74) is 7.71. The van der Waals surface area contributed by atoms with Gasteiger partial charge in [-0.2, -0.15) is 0 Å². The molecule has 2 rings (SSSR count). The number of aromatic nitrogens is 1. The van der Waals surface area contributed by atoms with Gasteiger partial charge in [-0.25, -0.2) is 9.78 Å². The van der Waals surface area contributed by atoms with Crippen LogP contribution in [0.1, 0.15) is 23.6 Å². The van der Waals surface area contributed by atoms with Crippen LogP contribution in [0.4, 0.5) is 16.3 Å². The van der Waals surface area contributed by atoms with Gasteiger partial charge in [-0.1, -0.05) is 29.8 Å². The molecule has 0 spiro atoms. The summed E-state index contributed by atoms with van der Waals surface area (Å²) in [6.07, 6.45) is 1.66. The highest BCUT2D eigenvalue weighted by Gasteiger charge is 2.18. The molecule has 132 valence electrons. The van der Waals surface area contributed by atoms with Crippen molar-refractivity contribution < 1.29 is 9.59 Å². The van der Waals surface area contributed by atoms with Crippen LogP contribution in [0.25, 0.3) is 0 Å². The molecule has 0 aliphatic rings. The Morgan fingerprint density at radius 2 is 2.00 bits per heavy atom. The van der Waals surface area contributed by atoms with Crippen LogP contribution in [-0.4, -0.2) is 31.0 Å². The van der Waals surface area contributed by atoms with E-state index < -0.39 is 12.1 Å². The van der Waals surface area contributed by atoms with Crippen molar-refractivity contribution in [1.29, 1.82) is 0 Å². The number of carbonyl (C=O) groups excluding carboxylic acids is 2. The molecule has 0 saturated heterocycles. The predicted octanol–water partition coefficient (Wildman–Crippen LogP) is 2.19. The topological polar surface area (TPSA) is 100 Å². The number of benzene rings is 1. The van der Waals surface area contributed by atoms with E-state index in [4.69, 9.17) is 5.73 Å². The Labute approximate surface area is 147 Å². The lowest BCUT2D eigenvalue weighted by Crippen LogP contribution is -2.35. The molecule has 2 aromatic rings. The molecule has 25 heavy (non-hydrogen) atoms. The first-order valence-corrected chi connectivity index (χ1v) is 7.91. The number of nitrogens with one attached hydrogen (secondary N) is 2. The second-order valence-electron chi connectivity index (χ2n) is 6.03. The van der Waals surface area contributed by atoms with E-state index in [0.29, 0.717) is 5.69 Å². The predicted molar refractivity (Wildman–Crippen MR) is 98.4 cm³/mol. The number of primary amides is 1. The van der Waals surface area contributed by atoms with E-state index in [2.05, 4.69) is 15.6 Å². The van der Waals surface area contributed by atoms with E-state index in [1.165, 1.54) is 0 Å². The molecule has 1 heterocycles. The molecule has 0 aliphatic carbocycles. The smallest absolute Gasteiger partial charge is 0.312 e. The maximum atomic E-state index is 12.3. The van der Waals surface area contributed by atoms with Crippen molar-refractivity contribution in [2.24, 2.45) is 5.73 Å². The van der Waals surface area contributed by atoms with Gasteiger partial charge < -0.3 is 21.3 Å². The molecule has 0 aliphatic heterocycles. The maximum Gasteiger partial charge on any atom is 0.312 e. The summed E-state index contributed by atoms with van der Waals surface area (Å²) in [4.78, 5) is 29.7. The Morgan fingerprint density at radius 3 is 2.56 bits per heavy atom. The minimum absolute atomic E-state index is 0.0713. The van der Waals surface area contributed by atoms with Crippen molar-refractivity contribution >= 4 is 23.4 Å². The first-order valence-electron chi connectivity index (χ1n) is 7.91. The molecular formula is C18H23N5O2. The number of anilines is 2. The van der Waals surface area contributed by atoms with Gasteiger partial charge in [-0.15, -0.1) is 0 Å². The lowest BCUT2D eigenvalue weighted by molar-refractivity contribution is -0.116. The van der Waals surface area contributed by atoms with Crippen LogP contribution < -0.4 is 21.3 Å². The minimum atomic E-state index is -0.670. The highest BCUT2D eigenvalue weighted by molar-refractivity contribution is 5.91. The van der Waals surface area contributed by atoms with E-state index in [1.807, 2.05) is 56.3 Å². The van der Waals surface area contributed by atoms with E-state index in [9.17, 15) is 9.59 Å². The number of pyridine rings is 1. The lowest BCUT2D eigenvalue weighted by Gasteiger charge is -2.18. The Bertz CT molecular complexity index is 743. The highest BCUT2D eigenvalue weighted by atomic mass is 16.2. The van der Waals surface area contributed by atoms with Crippen LogP contribution in [0.15, 0.2) is 42.6 Å². The molecule has 0 bridgehead atoms. The number of hydrogen-bond acceptors (Lipinski definition) is 4. The summed E-state index contributed by atoms with van der Waals surface area (Å²) in [6, 6.07) is 10.0.